The predicted molar refractivity (Wildman–Crippen MR) is 92.6 cm³/mol. The van der Waals surface area contributed by atoms with Crippen LogP contribution in [0.4, 0.5) is 14.5 Å². The number of carbonyl (C=O) groups is 2. The fourth-order valence-corrected chi connectivity index (χ4v) is 2.74. The Kier molecular flexibility index (Phi) is 5.51. The van der Waals surface area contributed by atoms with Gasteiger partial charge < -0.3 is 10.2 Å². The van der Waals surface area contributed by atoms with Gasteiger partial charge in [0.05, 0.1) is 6.54 Å². The molecular weight excluding hydrogens is 326 g/mol. The Morgan fingerprint density at radius 2 is 1.48 bits per heavy atom. The van der Waals surface area contributed by atoms with Gasteiger partial charge in [-0.05, 0) is 44.0 Å². The van der Waals surface area contributed by atoms with E-state index in [1.165, 1.54) is 7.05 Å². The minimum absolute atomic E-state index is 0.143. The van der Waals surface area contributed by atoms with Crippen molar-refractivity contribution in [2.45, 2.75) is 20.8 Å². The van der Waals surface area contributed by atoms with Gasteiger partial charge in [-0.3, -0.25) is 9.59 Å². The topological polar surface area (TPSA) is 49.4 Å². The lowest BCUT2D eigenvalue weighted by atomic mass is 10.1. The fraction of sp³-hybridized carbons (Fsp3) is 0.263. The number of nitrogens with zero attached hydrogens (tertiary/aromatic N) is 1. The van der Waals surface area contributed by atoms with E-state index in [2.05, 4.69) is 5.32 Å². The van der Waals surface area contributed by atoms with Crippen molar-refractivity contribution in [3.05, 3.63) is 64.2 Å². The highest BCUT2D eigenvalue weighted by atomic mass is 19.1. The zero-order valence-corrected chi connectivity index (χ0v) is 14.6. The van der Waals surface area contributed by atoms with E-state index in [1.807, 2.05) is 32.9 Å². The second-order valence-corrected chi connectivity index (χ2v) is 6.14. The van der Waals surface area contributed by atoms with Crippen molar-refractivity contribution in [2.24, 2.45) is 0 Å². The summed E-state index contributed by atoms with van der Waals surface area (Å²) in [5, 5.41) is 2.78. The number of likely N-dealkylation sites (N-methyl/N-ethyl adjacent to an activating group) is 1. The second kappa shape index (κ2) is 7.42. The molecule has 0 atom stereocenters. The first-order valence-electron chi connectivity index (χ1n) is 7.76. The first-order valence-corrected chi connectivity index (χ1v) is 7.76. The van der Waals surface area contributed by atoms with E-state index >= 15 is 0 Å². The molecule has 2 amide bonds. The number of halogens is 2. The minimum atomic E-state index is -0.841. The summed E-state index contributed by atoms with van der Waals surface area (Å²) in [6, 6.07) is 6.47. The summed E-state index contributed by atoms with van der Waals surface area (Å²) in [4.78, 5) is 25.6. The molecule has 4 nitrogen and oxygen atoms in total. The molecule has 0 bridgehead atoms. The molecule has 1 N–H and O–H groups in total. The Bertz CT molecular complexity index is 791. The van der Waals surface area contributed by atoms with E-state index in [-0.39, 0.29) is 18.0 Å². The van der Waals surface area contributed by atoms with Crippen LogP contribution in [0.2, 0.25) is 0 Å². The molecule has 0 fully saturated rings. The first kappa shape index (κ1) is 18.6. The van der Waals surface area contributed by atoms with Gasteiger partial charge in [0.25, 0.3) is 5.91 Å². The van der Waals surface area contributed by atoms with Crippen LogP contribution in [-0.4, -0.2) is 30.3 Å². The van der Waals surface area contributed by atoms with Crippen LogP contribution in [-0.2, 0) is 4.79 Å². The van der Waals surface area contributed by atoms with Crippen LogP contribution in [0, 0.1) is 32.4 Å². The third-order valence-electron chi connectivity index (χ3n) is 3.78. The molecule has 25 heavy (non-hydrogen) atoms. The van der Waals surface area contributed by atoms with Crippen molar-refractivity contribution < 1.29 is 18.4 Å². The summed E-state index contributed by atoms with van der Waals surface area (Å²) in [5.41, 5.74) is 3.50. The maximum atomic E-state index is 13.2. The summed E-state index contributed by atoms with van der Waals surface area (Å²) in [6.07, 6.45) is 0. The first-order chi connectivity index (χ1) is 11.7. The van der Waals surface area contributed by atoms with Crippen molar-refractivity contribution in [1.82, 2.24) is 4.90 Å². The molecule has 2 aromatic carbocycles. The zero-order chi connectivity index (χ0) is 18.7. The number of carbonyl (C=O) groups excluding carboxylic acids is 2. The Labute approximate surface area is 145 Å². The van der Waals surface area contributed by atoms with Crippen molar-refractivity contribution in [3.8, 4) is 0 Å². The number of benzene rings is 2. The van der Waals surface area contributed by atoms with E-state index in [0.29, 0.717) is 11.8 Å². The highest BCUT2D eigenvalue weighted by molar-refractivity contribution is 5.99. The number of nitrogens with one attached hydrogen (secondary N) is 1. The van der Waals surface area contributed by atoms with E-state index < -0.39 is 17.5 Å². The van der Waals surface area contributed by atoms with E-state index in [0.717, 1.165) is 33.7 Å². The van der Waals surface area contributed by atoms with Gasteiger partial charge in [-0.2, -0.15) is 0 Å². The molecule has 0 heterocycles. The number of aryl methyl sites for hydroxylation is 3. The normalized spacial score (nSPS) is 10.5. The third kappa shape index (κ3) is 4.62. The highest BCUT2D eigenvalue weighted by Crippen LogP contribution is 2.21. The van der Waals surface area contributed by atoms with Crippen LogP contribution in [0.25, 0.3) is 0 Å². The Balaban J connectivity index is 2.08. The summed E-state index contributed by atoms with van der Waals surface area (Å²) in [6.45, 7) is 5.51. The number of hydrogen-bond acceptors (Lipinski definition) is 2. The number of hydrogen-bond donors (Lipinski definition) is 1. The fourth-order valence-electron chi connectivity index (χ4n) is 2.74. The zero-order valence-electron chi connectivity index (χ0n) is 14.6. The maximum Gasteiger partial charge on any atom is 0.254 e. The van der Waals surface area contributed by atoms with Crippen molar-refractivity contribution >= 4 is 17.5 Å². The molecule has 2 rings (SSSR count). The van der Waals surface area contributed by atoms with Crippen LogP contribution in [0.5, 0.6) is 0 Å². The number of anilines is 1. The predicted octanol–water partition coefficient (Wildman–Crippen LogP) is 3.60. The molecule has 132 valence electrons. The Hall–Kier alpha value is -2.76. The third-order valence-corrected chi connectivity index (χ3v) is 3.78. The average Bonchev–Trinajstić information content (AvgIpc) is 2.49. The van der Waals surface area contributed by atoms with Gasteiger partial charge in [-0.15, -0.1) is 0 Å². The largest absolute Gasteiger partial charge is 0.332 e. The molecule has 0 aliphatic rings. The van der Waals surface area contributed by atoms with Gasteiger partial charge in [0.1, 0.15) is 11.6 Å². The molecule has 0 unspecified atom stereocenters. The number of amides is 2. The lowest BCUT2D eigenvalue weighted by Crippen LogP contribution is -2.35. The molecular formula is C19H20F2N2O2. The van der Waals surface area contributed by atoms with Crippen LogP contribution in [0.15, 0.2) is 30.3 Å². The lowest BCUT2D eigenvalue weighted by Gasteiger charge is -2.18. The smallest absolute Gasteiger partial charge is 0.254 e. The van der Waals surface area contributed by atoms with E-state index in [1.54, 1.807) is 0 Å². The standard InChI is InChI=1S/C19H20F2N2O2/c1-11-5-12(2)18(13(3)6-11)22-17(24)10-23(4)19(25)14-7-15(20)9-16(21)8-14/h5-9H,10H2,1-4H3,(H,22,24). The SMILES string of the molecule is Cc1cc(C)c(NC(=O)CN(C)C(=O)c2cc(F)cc(F)c2)c(C)c1. The molecule has 0 saturated heterocycles. The average molecular weight is 346 g/mol. The molecule has 0 aliphatic heterocycles. The molecule has 6 heteroatoms. The van der Waals surface area contributed by atoms with Crippen LogP contribution >= 0.6 is 0 Å². The van der Waals surface area contributed by atoms with Crippen LogP contribution < -0.4 is 5.32 Å². The molecule has 2 aromatic rings. The van der Waals surface area contributed by atoms with Crippen molar-refractivity contribution in [3.63, 3.8) is 0 Å². The van der Waals surface area contributed by atoms with Gasteiger partial charge in [0.2, 0.25) is 5.91 Å². The maximum absolute atomic E-state index is 13.2. The quantitative estimate of drug-likeness (QED) is 0.920. The van der Waals surface area contributed by atoms with Gasteiger partial charge in [-0.25, -0.2) is 8.78 Å². The molecule has 0 aliphatic carbocycles. The van der Waals surface area contributed by atoms with Crippen LogP contribution in [0.1, 0.15) is 27.0 Å². The van der Waals surface area contributed by atoms with E-state index in [4.69, 9.17) is 0 Å². The molecule has 0 aromatic heterocycles. The second-order valence-electron chi connectivity index (χ2n) is 6.14. The summed E-state index contributed by atoms with van der Waals surface area (Å²) in [7, 11) is 1.40. The summed E-state index contributed by atoms with van der Waals surface area (Å²) < 4.78 is 26.5. The van der Waals surface area contributed by atoms with Gasteiger partial charge in [0, 0.05) is 24.4 Å². The Morgan fingerprint density at radius 3 is 2.00 bits per heavy atom. The summed E-state index contributed by atoms with van der Waals surface area (Å²) >= 11 is 0. The molecule has 0 radical (unpaired) electrons. The highest BCUT2D eigenvalue weighted by Gasteiger charge is 2.17. The van der Waals surface area contributed by atoms with Crippen LogP contribution in [0.3, 0.4) is 0 Å². The molecule has 0 saturated carbocycles. The van der Waals surface area contributed by atoms with Gasteiger partial charge in [0.15, 0.2) is 0 Å². The van der Waals surface area contributed by atoms with Crippen molar-refractivity contribution in [1.29, 1.82) is 0 Å². The summed E-state index contributed by atoms with van der Waals surface area (Å²) in [5.74, 6) is -2.70. The Morgan fingerprint density at radius 1 is 0.960 bits per heavy atom. The van der Waals surface area contributed by atoms with Gasteiger partial charge in [-0.1, -0.05) is 17.7 Å². The van der Waals surface area contributed by atoms with E-state index in [9.17, 15) is 18.4 Å². The van der Waals surface area contributed by atoms with Crippen molar-refractivity contribution in [2.75, 3.05) is 18.9 Å². The monoisotopic (exact) mass is 346 g/mol. The van der Waals surface area contributed by atoms with Gasteiger partial charge >= 0.3 is 0 Å². The lowest BCUT2D eigenvalue weighted by molar-refractivity contribution is -0.116. The molecule has 0 spiro atoms. The minimum Gasteiger partial charge on any atom is -0.332 e. The number of rotatable bonds is 4.